The first kappa shape index (κ1) is 14.3. The number of piperidine rings is 1. The fourth-order valence-electron chi connectivity index (χ4n) is 2.47. The van der Waals surface area contributed by atoms with Crippen molar-refractivity contribution in [1.82, 2.24) is 0 Å². The van der Waals surface area contributed by atoms with Crippen molar-refractivity contribution in [2.24, 2.45) is 5.92 Å². The summed E-state index contributed by atoms with van der Waals surface area (Å²) in [7, 11) is 0. The van der Waals surface area contributed by atoms with Crippen LogP contribution in [-0.2, 0) is 0 Å². The molecule has 1 aliphatic heterocycles. The van der Waals surface area contributed by atoms with E-state index in [1.807, 2.05) is 6.07 Å². The third kappa shape index (κ3) is 2.59. The van der Waals surface area contributed by atoms with E-state index in [2.05, 4.69) is 0 Å². The van der Waals surface area contributed by atoms with Crippen molar-refractivity contribution in [3.8, 4) is 6.07 Å². The van der Waals surface area contributed by atoms with Crippen molar-refractivity contribution in [1.29, 1.82) is 5.26 Å². The van der Waals surface area contributed by atoms with Gasteiger partial charge >= 0.3 is 6.18 Å². The molecule has 1 saturated heterocycles. The number of alkyl halides is 3. The zero-order valence-corrected chi connectivity index (χ0v) is 10.7. The van der Waals surface area contributed by atoms with Crippen LogP contribution in [-0.4, -0.2) is 19.3 Å². The van der Waals surface area contributed by atoms with Crippen LogP contribution in [0.15, 0.2) is 12.1 Å². The highest BCUT2D eigenvalue weighted by atomic mass is 19.4. The number of hydrogen-bond acceptors (Lipinski definition) is 4. The molecule has 1 aliphatic rings. The van der Waals surface area contributed by atoms with Crippen molar-refractivity contribution >= 4 is 17.1 Å². The molecule has 0 saturated carbocycles. The predicted molar refractivity (Wildman–Crippen MR) is 71.0 cm³/mol. The lowest BCUT2D eigenvalue weighted by Gasteiger charge is -2.35. The molecule has 0 radical (unpaired) electrons. The van der Waals surface area contributed by atoms with Crippen molar-refractivity contribution < 1.29 is 13.2 Å². The molecule has 0 bridgehead atoms. The Hall–Kier alpha value is -2.10. The van der Waals surface area contributed by atoms with Gasteiger partial charge in [-0.3, -0.25) is 0 Å². The average Bonchev–Trinajstić information content (AvgIpc) is 2.41. The van der Waals surface area contributed by atoms with Crippen LogP contribution < -0.4 is 16.4 Å². The highest BCUT2D eigenvalue weighted by Crippen LogP contribution is 2.37. The molecule has 1 aromatic carbocycles. The maximum Gasteiger partial charge on any atom is 0.393 e. The minimum Gasteiger partial charge on any atom is -0.397 e. The Labute approximate surface area is 114 Å². The Morgan fingerprint density at radius 1 is 1.30 bits per heavy atom. The predicted octanol–water partition coefficient (Wildman–Crippen LogP) is 2.50. The second-order valence-electron chi connectivity index (χ2n) is 4.90. The molecule has 0 aromatic heterocycles. The van der Waals surface area contributed by atoms with E-state index in [1.165, 1.54) is 6.07 Å². The van der Waals surface area contributed by atoms with Crippen LogP contribution in [0.3, 0.4) is 0 Å². The topological polar surface area (TPSA) is 79.1 Å². The molecule has 4 N–H and O–H groups in total. The Balaban J connectivity index is 2.33. The number of nitrogen functional groups attached to an aromatic ring is 2. The van der Waals surface area contributed by atoms with Crippen LogP contribution in [0.5, 0.6) is 0 Å². The Morgan fingerprint density at radius 2 is 2.00 bits per heavy atom. The highest BCUT2D eigenvalue weighted by molar-refractivity contribution is 5.80. The van der Waals surface area contributed by atoms with Gasteiger partial charge in [-0.1, -0.05) is 0 Å². The number of anilines is 3. The number of nitriles is 1. The number of nitrogens with zero attached hydrogens (tertiary/aromatic N) is 2. The van der Waals surface area contributed by atoms with E-state index in [-0.39, 0.29) is 29.9 Å². The summed E-state index contributed by atoms with van der Waals surface area (Å²) in [4.78, 5) is 1.57. The maximum absolute atomic E-state index is 12.8. The van der Waals surface area contributed by atoms with Gasteiger partial charge in [0.15, 0.2) is 0 Å². The zero-order valence-electron chi connectivity index (χ0n) is 10.7. The van der Waals surface area contributed by atoms with E-state index >= 15 is 0 Å². The van der Waals surface area contributed by atoms with Gasteiger partial charge in [-0.2, -0.15) is 18.4 Å². The second-order valence-corrected chi connectivity index (χ2v) is 4.90. The second kappa shape index (κ2) is 5.12. The summed E-state index contributed by atoms with van der Waals surface area (Å²) in [5, 5.41) is 9.15. The fraction of sp³-hybridized carbons (Fsp3) is 0.462. The van der Waals surface area contributed by atoms with Crippen molar-refractivity contribution in [3.05, 3.63) is 17.7 Å². The Morgan fingerprint density at radius 3 is 2.60 bits per heavy atom. The molecule has 1 atom stereocenters. The molecule has 1 fully saturated rings. The van der Waals surface area contributed by atoms with E-state index in [4.69, 9.17) is 16.7 Å². The lowest BCUT2D eigenvalue weighted by Crippen LogP contribution is -2.42. The zero-order chi connectivity index (χ0) is 14.9. The molecule has 4 nitrogen and oxygen atoms in total. The molecule has 108 valence electrons. The summed E-state index contributed by atoms with van der Waals surface area (Å²) in [5.74, 6) is -1.37. The third-order valence-electron chi connectivity index (χ3n) is 3.59. The van der Waals surface area contributed by atoms with Gasteiger partial charge in [0.25, 0.3) is 0 Å². The van der Waals surface area contributed by atoms with Gasteiger partial charge in [-0.15, -0.1) is 0 Å². The molecule has 2 rings (SSSR count). The average molecular weight is 284 g/mol. The van der Waals surface area contributed by atoms with Crippen LogP contribution in [0.2, 0.25) is 0 Å². The van der Waals surface area contributed by atoms with Gasteiger partial charge in [-0.05, 0) is 25.0 Å². The summed E-state index contributed by atoms with van der Waals surface area (Å²) in [6.07, 6.45) is -3.67. The lowest BCUT2D eigenvalue weighted by molar-refractivity contribution is -0.175. The largest absolute Gasteiger partial charge is 0.397 e. The van der Waals surface area contributed by atoms with Crippen LogP contribution in [0.25, 0.3) is 0 Å². The number of rotatable bonds is 1. The fourth-order valence-corrected chi connectivity index (χ4v) is 2.47. The molecular weight excluding hydrogens is 269 g/mol. The minimum absolute atomic E-state index is 0.117. The van der Waals surface area contributed by atoms with Crippen LogP contribution in [0, 0.1) is 17.2 Å². The smallest absolute Gasteiger partial charge is 0.393 e. The first-order valence-corrected chi connectivity index (χ1v) is 6.24. The van der Waals surface area contributed by atoms with Gasteiger partial charge in [-0.25, -0.2) is 0 Å². The molecule has 1 aromatic rings. The van der Waals surface area contributed by atoms with Gasteiger partial charge in [0.1, 0.15) is 11.6 Å². The van der Waals surface area contributed by atoms with Gasteiger partial charge in [0.2, 0.25) is 0 Å². The molecule has 0 spiro atoms. The van der Waals surface area contributed by atoms with E-state index in [0.717, 1.165) is 0 Å². The Kier molecular flexibility index (Phi) is 3.66. The molecule has 0 amide bonds. The standard InChI is InChI=1S/C13H15F3N4/c14-13(15,16)8-2-1-5-20(7-8)11-4-3-10(18)12(19)9(11)6-17/h3-4,8H,1-2,5,7,18-19H2/t8-/m0/s1. The van der Waals surface area contributed by atoms with Crippen molar-refractivity contribution in [3.63, 3.8) is 0 Å². The van der Waals surface area contributed by atoms with E-state index < -0.39 is 12.1 Å². The van der Waals surface area contributed by atoms with E-state index in [0.29, 0.717) is 18.7 Å². The summed E-state index contributed by atoms with van der Waals surface area (Å²) in [6.45, 7) is 0.326. The van der Waals surface area contributed by atoms with Gasteiger partial charge in [0, 0.05) is 13.1 Å². The first-order valence-electron chi connectivity index (χ1n) is 6.24. The van der Waals surface area contributed by atoms with Crippen LogP contribution >= 0.6 is 0 Å². The minimum atomic E-state index is -4.22. The molecule has 0 unspecified atom stereocenters. The quantitative estimate of drug-likeness (QED) is 0.777. The van der Waals surface area contributed by atoms with Crippen LogP contribution in [0.1, 0.15) is 18.4 Å². The molecule has 7 heteroatoms. The molecule has 0 aliphatic carbocycles. The molecule has 20 heavy (non-hydrogen) atoms. The summed E-state index contributed by atoms with van der Waals surface area (Å²) in [6, 6.07) is 5.00. The van der Waals surface area contributed by atoms with Crippen molar-refractivity contribution in [2.45, 2.75) is 19.0 Å². The lowest BCUT2D eigenvalue weighted by atomic mass is 9.96. The summed E-state index contributed by atoms with van der Waals surface area (Å²) >= 11 is 0. The van der Waals surface area contributed by atoms with Crippen LogP contribution in [0.4, 0.5) is 30.2 Å². The summed E-state index contributed by atoms with van der Waals surface area (Å²) < 4.78 is 38.5. The first-order chi connectivity index (χ1) is 9.34. The Bertz CT molecular complexity index is 548. The molecule has 1 heterocycles. The summed E-state index contributed by atoms with van der Waals surface area (Å²) in [5.41, 5.74) is 12.3. The maximum atomic E-state index is 12.8. The monoisotopic (exact) mass is 284 g/mol. The number of nitrogens with two attached hydrogens (primary N) is 2. The van der Waals surface area contributed by atoms with Gasteiger partial charge < -0.3 is 16.4 Å². The molecular formula is C13H15F3N4. The normalized spacial score (nSPS) is 19.7. The third-order valence-corrected chi connectivity index (χ3v) is 3.59. The van der Waals surface area contributed by atoms with E-state index in [9.17, 15) is 13.2 Å². The number of halogens is 3. The number of hydrogen-bond donors (Lipinski definition) is 2. The highest BCUT2D eigenvalue weighted by Gasteiger charge is 2.42. The number of benzene rings is 1. The SMILES string of the molecule is N#Cc1c(N2CCC[C@H](C(F)(F)F)C2)ccc(N)c1N. The van der Waals surface area contributed by atoms with Gasteiger partial charge in [0.05, 0.1) is 23.0 Å². The van der Waals surface area contributed by atoms with E-state index in [1.54, 1.807) is 11.0 Å². The van der Waals surface area contributed by atoms with Crippen molar-refractivity contribution in [2.75, 3.05) is 29.5 Å².